The molecule has 0 saturated heterocycles. The minimum absolute atomic E-state index is 0.00474. The van der Waals surface area contributed by atoms with Crippen molar-refractivity contribution in [2.24, 2.45) is 5.73 Å². The van der Waals surface area contributed by atoms with Crippen molar-refractivity contribution in [3.8, 4) is 0 Å². The van der Waals surface area contributed by atoms with Crippen LogP contribution in [-0.4, -0.2) is 28.9 Å². The molecule has 106 valence electrons. The number of nitrogens with two attached hydrogens (primary N) is 1. The van der Waals surface area contributed by atoms with Gasteiger partial charge in [-0.15, -0.1) is 0 Å². The molecule has 0 aliphatic heterocycles. The Kier molecular flexibility index (Phi) is 4.02. The van der Waals surface area contributed by atoms with E-state index in [9.17, 15) is 14.4 Å². The number of nitrogens with one attached hydrogen (secondary N) is 1. The van der Waals surface area contributed by atoms with Gasteiger partial charge in [0, 0.05) is 6.42 Å². The Morgan fingerprint density at radius 2 is 2.05 bits per heavy atom. The van der Waals surface area contributed by atoms with Gasteiger partial charge in [-0.05, 0) is 24.0 Å². The second-order valence-corrected chi connectivity index (χ2v) is 4.86. The molecule has 0 bridgehead atoms. The molecule has 1 aliphatic carbocycles. The highest BCUT2D eigenvalue weighted by Gasteiger charge is 2.33. The fourth-order valence-electron chi connectivity index (χ4n) is 2.31. The molecule has 0 heterocycles. The predicted molar refractivity (Wildman–Crippen MR) is 70.9 cm³/mol. The van der Waals surface area contributed by atoms with Crippen LogP contribution in [0.15, 0.2) is 24.3 Å². The smallest absolute Gasteiger partial charge is 0.326 e. The van der Waals surface area contributed by atoms with Crippen LogP contribution in [0.4, 0.5) is 0 Å². The monoisotopic (exact) mass is 276 g/mol. The third-order valence-electron chi connectivity index (χ3n) is 3.47. The maximum Gasteiger partial charge on any atom is 0.326 e. The first kappa shape index (κ1) is 14.0. The molecule has 2 amide bonds. The molecule has 0 aromatic heterocycles. The summed E-state index contributed by atoms with van der Waals surface area (Å²) in [5.74, 6) is -2.37. The largest absolute Gasteiger partial charge is 0.480 e. The number of aliphatic carboxylic acids is 1. The lowest BCUT2D eigenvalue weighted by atomic mass is 9.77. The van der Waals surface area contributed by atoms with E-state index in [1.807, 2.05) is 24.3 Å². The zero-order chi connectivity index (χ0) is 14.7. The molecule has 1 unspecified atom stereocenters. The molecule has 20 heavy (non-hydrogen) atoms. The Hall–Kier alpha value is -2.37. The van der Waals surface area contributed by atoms with Crippen LogP contribution >= 0.6 is 0 Å². The first-order valence-electron chi connectivity index (χ1n) is 6.38. The molecule has 6 heteroatoms. The van der Waals surface area contributed by atoms with E-state index >= 15 is 0 Å². The quantitative estimate of drug-likeness (QED) is 0.687. The Morgan fingerprint density at radius 3 is 2.65 bits per heavy atom. The molecule has 0 saturated carbocycles. The van der Waals surface area contributed by atoms with Gasteiger partial charge in [-0.1, -0.05) is 24.3 Å². The van der Waals surface area contributed by atoms with E-state index in [-0.39, 0.29) is 24.7 Å². The summed E-state index contributed by atoms with van der Waals surface area (Å²) in [7, 11) is 0. The summed E-state index contributed by atoms with van der Waals surface area (Å²) >= 11 is 0. The van der Waals surface area contributed by atoms with Crippen LogP contribution in [-0.2, 0) is 20.8 Å². The highest BCUT2D eigenvalue weighted by atomic mass is 16.4. The van der Waals surface area contributed by atoms with Crippen molar-refractivity contribution < 1.29 is 19.5 Å². The number of carbonyl (C=O) groups excluding carboxylic acids is 2. The molecule has 0 radical (unpaired) electrons. The van der Waals surface area contributed by atoms with Gasteiger partial charge < -0.3 is 16.2 Å². The van der Waals surface area contributed by atoms with E-state index in [4.69, 9.17) is 10.8 Å². The topological polar surface area (TPSA) is 109 Å². The second kappa shape index (κ2) is 5.73. The lowest BCUT2D eigenvalue weighted by molar-refractivity contribution is -0.142. The Labute approximate surface area is 116 Å². The number of amides is 2. The lowest BCUT2D eigenvalue weighted by Gasteiger charge is -2.30. The number of benzene rings is 1. The molecule has 0 spiro atoms. The number of carboxylic acid groups (broad SMARTS) is 1. The standard InChI is InChI=1S/C14H16N2O4/c15-12(17)6-5-11(14(19)20)16-13(18)10-7-8-3-1-2-4-9(8)10/h1-4,10-11H,5-7H2,(H2,15,17)(H,16,18)(H,19,20)/t10?,11-/m0/s1. The van der Waals surface area contributed by atoms with Gasteiger partial charge in [0.1, 0.15) is 6.04 Å². The Bertz CT molecular complexity index is 556. The number of carboxylic acids is 1. The van der Waals surface area contributed by atoms with Gasteiger partial charge in [0.15, 0.2) is 0 Å². The molecule has 1 aromatic rings. The first-order chi connectivity index (χ1) is 9.49. The van der Waals surface area contributed by atoms with Crippen molar-refractivity contribution in [3.63, 3.8) is 0 Å². The fraction of sp³-hybridized carbons (Fsp3) is 0.357. The summed E-state index contributed by atoms with van der Waals surface area (Å²) < 4.78 is 0. The minimum atomic E-state index is -1.16. The van der Waals surface area contributed by atoms with Gasteiger partial charge in [-0.25, -0.2) is 4.79 Å². The normalized spacial score (nSPS) is 17.5. The summed E-state index contributed by atoms with van der Waals surface area (Å²) in [6, 6.07) is 6.48. The fourth-order valence-corrected chi connectivity index (χ4v) is 2.31. The number of hydrogen-bond donors (Lipinski definition) is 3. The Morgan fingerprint density at radius 1 is 1.35 bits per heavy atom. The summed E-state index contributed by atoms with van der Waals surface area (Å²) in [6.07, 6.45) is 0.549. The SMILES string of the molecule is NC(=O)CC[C@H](NC(=O)C1Cc2ccccc21)C(=O)O. The third kappa shape index (κ3) is 2.96. The molecular formula is C14H16N2O4. The molecule has 0 fully saturated rings. The predicted octanol–water partition coefficient (Wildman–Crippen LogP) is 0.161. The van der Waals surface area contributed by atoms with Gasteiger partial charge >= 0.3 is 5.97 Å². The maximum absolute atomic E-state index is 12.1. The van der Waals surface area contributed by atoms with E-state index in [1.54, 1.807) is 0 Å². The number of carbonyl (C=O) groups is 3. The number of rotatable bonds is 6. The highest BCUT2D eigenvalue weighted by Crippen LogP contribution is 2.34. The van der Waals surface area contributed by atoms with Crippen molar-refractivity contribution in [2.75, 3.05) is 0 Å². The molecule has 1 aliphatic rings. The molecule has 1 aromatic carbocycles. The first-order valence-corrected chi connectivity index (χ1v) is 6.38. The van der Waals surface area contributed by atoms with E-state index in [1.165, 1.54) is 0 Å². The molecule has 6 nitrogen and oxygen atoms in total. The third-order valence-corrected chi connectivity index (χ3v) is 3.47. The molecular weight excluding hydrogens is 260 g/mol. The van der Waals surface area contributed by atoms with Crippen LogP contribution in [0.1, 0.15) is 29.9 Å². The van der Waals surface area contributed by atoms with Crippen LogP contribution in [0.3, 0.4) is 0 Å². The van der Waals surface area contributed by atoms with Crippen molar-refractivity contribution in [1.82, 2.24) is 5.32 Å². The van der Waals surface area contributed by atoms with Gasteiger partial charge in [0.25, 0.3) is 0 Å². The minimum Gasteiger partial charge on any atom is -0.480 e. The number of primary amides is 1. The van der Waals surface area contributed by atoms with Crippen molar-refractivity contribution >= 4 is 17.8 Å². The van der Waals surface area contributed by atoms with Crippen molar-refractivity contribution in [2.45, 2.75) is 31.2 Å². The second-order valence-electron chi connectivity index (χ2n) is 4.86. The van der Waals surface area contributed by atoms with Crippen molar-refractivity contribution in [3.05, 3.63) is 35.4 Å². The van der Waals surface area contributed by atoms with Crippen molar-refractivity contribution in [1.29, 1.82) is 0 Å². The van der Waals surface area contributed by atoms with Crippen LogP contribution in [0.2, 0.25) is 0 Å². The van der Waals surface area contributed by atoms with Crippen LogP contribution in [0.5, 0.6) is 0 Å². The zero-order valence-corrected chi connectivity index (χ0v) is 10.8. The summed E-state index contributed by atoms with van der Waals surface area (Å²) in [4.78, 5) is 33.8. The summed E-state index contributed by atoms with van der Waals surface area (Å²) in [5, 5.41) is 11.5. The zero-order valence-electron chi connectivity index (χ0n) is 10.8. The summed E-state index contributed by atoms with van der Waals surface area (Å²) in [5.41, 5.74) is 7.03. The lowest BCUT2D eigenvalue weighted by Crippen LogP contribution is -2.45. The van der Waals surface area contributed by atoms with Gasteiger partial charge in [-0.2, -0.15) is 0 Å². The van der Waals surface area contributed by atoms with Gasteiger partial charge in [0.05, 0.1) is 5.92 Å². The summed E-state index contributed by atoms with van der Waals surface area (Å²) in [6.45, 7) is 0. The average molecular weight is 276 g/mol. The highest BCUT2D eigenvalue weighted by molar-refractivity contribution is 5.90. The van der Waals surface area contributed by atoms with E-state index < -0.39 is 17.9 Å². The van der Waals surface area contributed by atoms with E-state index in [0.717, 1.165) is 11.1 Å². The van der Waals surface area contributed by atoms with Crippen LogP contribution < -0.4 is 11.1 Å². The number of hydrogen-bond acceptors (Lipinski definition) is 3. The molecule has 4 N–H and O–H groups in total. The van der Waals surface area contributed by atoms with Crippen LogP contribution in [0.25, 0.3) is 0 Å². The van der Waals surface area contributed by atoms with Crippen LogP contribution in [0, 0.1) is 0 Å². The molecule has 2 rings (SSSR count). The molecule has 2 atom stereocenters. The Balaban J connectivity index is 1.96. The van der Waals surface area contributed by atoms with Gasteiger partial charge in [0.2, 0.25) is 11.8 Å². The number of fused-ring (bicyclic) bond motifs is 1. The van der Waals surface area contributed by atoms with E-state index in [0.29, 0.717) is 6.42 Å². The maximum atomic E-state index is 12.1. The van der Waals surface area contributed by atoms with Gasteiger partial charge in [-0.3, -0.25) is 9.59 Å². The average Bonchev–Trinajstić information content (AvgIpc) is 2.35. The van der Waals surface area contributed by atoms with E-state index in [2.05, 4.69) is 5.32 Å².